The van der Waals surface area contributed by atoms with Crippen LogP contribution in [-0.2, 0) is 20.9 Å². The fourth-order valence-electron chi connectivity index (χ4n) is 3.40. The number of aliphatic carboxylic acids is 1. The van der Waals surface area contributed by atoms with E-state index in [4.69, 9.17) is 32.8 Å². The summed E-state index contributed by atoms with van der Waals surface area (Å²) < 4.78 is 6.74. The molecule has 16 nitrogen and oxygen atoms in total. The van der Waals surface area contributed by atoms with Gasteiger partial charge in [0.05, 0.1) is 19.3 Å². The summed E-state index contributed by atoms with van der Waals surface area (Å²) >= 11 is 0. The minimum absolute atomic E-state index is 0.00246. The van der Waals surface area contributed by atoms with Gasteiger partial charge in [-0.2, -0.15) is 4.98 Å². The Bertz CT molecular complexity index is 1040. The van der Waals surface area contributed by atoms with Crippen LogP contribution >= 0.6 is 0 Å². The number of nitrogens with two attached hydrogens (primary N) is 4. The third-order valence-electron chi connectivity index (χ3n) is 5.29. The van der Waals surface area contributed by atoms with E-state index in [0.29, 0.717) is 0 Å². The van der Waals surface area contributed by atoms with Crippen molar-refractivity contribution in [1.29, 1.82) is 0 Å². The monoisotopic (exact) mass is 498 g/mol. The van der Waals surface area contributed by atoms with Gasteiger partial charge in [0.15, 0.2) is 17.8 Å². The summed E-state index contributed by atoms with van der Waals surface area (Å²) in [6.45, 7) is -1.23. The highest BCUT2D eigenvalue weighted by atomic mass is 16.5. The van der Waals surface area contributed by atoms with Gasteiger partial charge in [0.2, 0.25) is 5.91 Å². The molecule has 35 heavy (non-hydrogen) atoms. The Balaban J connectivity index is 2.48. The Morgan fingerprint density at radius 1 is 1.31 bits per heavy atom. The maximum atomic E-state index is 12.4. The number of nitrogens with one attached hydrogen (secondary N) is 1. The van der Waals surface area contributed by atoms with Gasteiger partial charge in [0.25, 0.3) is 0 Å². The molecule has 0 saturated carbocycles. The van der Waals surface area contributed by atoms with Crippen molar-refractivity contribution >= 4 is 23.7 Å². The maximum Gasteiger partial charge on any atom is 0.351 e. The number of carboxylic acids is 1. The maximum absolute atomic E-state index is 12.4. The minimum Gasteiger partial charge on any atom is -0.479 e. The van der Waals surface area contributed by atoms with Crippen molar-refractivity contribution in [3.63, 3.8) is 0 Å². The molecule has 1 amide bonds. The SMILES string of the molecule is NC(N)=NCCC[C@](O)(C(=O)O)[C@@H]1O[C@H](n2cc(CO)c(N)nc2=O)C=C[C@H]1NC(=O)[C@@H](N)CO. The molecule has 5 atom stereocenters. The van der Waals surface area contributed by atoms with Crippen LogP contribution in [0.15, 0.2) is 28.1 Å². The first kappa shape index (κ1) is 27.7. The highest BCUT2D eigenvalue weighted by molar-refractivity contribution is 5.83. The largest absolute Gasteiger partial charge is 0.479 e. The number of rotatable bonds is 11. The number of carbonyl (C=O) groups excluding carboxylic acids is 1. The van der Waals surface area contributed by atoms with E-state index in [0.717, 1.165) is 4.57 Å². The number of nitrogens with zero attached hydrogens (tertiary/aromatic N) is 3. The molecule has 0 fully saturated rings. The predicted molar refractivity (Wildman–Crippen MR) is 121 cm³/mol. The molecule has 0 aromatic carbocycles. The highest BCUT2D eigenvalue weighted by Crippen LogP contribution is 2.31. The van der Waals surface area contributed by atoms with Crippen LogP contribution in [0.1, 0.15) is 24.6 Å². The second-order valence-electron chi connectivity index (χ2n) is 7.79. The van der Waals surface area contributed by atoms with Gasteiger partial charge in [-0.15, -0.1) is 0 Å². The van der Waals surface area contributed by atoms with Crippen molar-refractivity contribution < 1.29 is 34.8 Å². The quantitative estimate of drug-likeness (QED) is 0.0601. The Labute approximate surface area is 198 Å². The van der Waals surface area contributed by atoms with Crippen LogP contribution in [0.2, 0.25) is 0 Å². The number of amides is 1. The van der Waals surface area contributed by atoms with Gasteiger partial charge in [0, 0.05) is 18.3 Å². The molecule has 1 aliphatic heterocycles. The molecule has 0 bridgehead atoms. The average Bonchev–Trinajstić information content (AvgIpc) is 2.81. The molecule has 2 rings (SSSR count). The first-order chi connectivity index (χ1) is 16.4. The number of nitrogen functional groups attached to an aromatic ring is 1. The molecule has 0 saturated heterocycles. The molecule has 0 radical (unpaired) electrons. The number of hydrogen-bond donors (Lipinski definition) is 9. The number of aliphatic hydroxyl groups is 3. The molecule has 0 unspecified atom stereocenters. The van der Waals surface area contributed by atoms with Crippen molar-refractivity contribution in [2.75, 3.05) is 18.9 Å². The smallest absolute Gasteiger partial charge is 0.351 e. The molecular formula is C19H30N8O8. The number of ether oxygens (including phenoxy) is 1. The third kappa shape index (κ3) is 6.52. The van der Waals surface area contributed by atoms with Gasteiger partial charge >= 0.3 is 11.7 Å². The van der Waals surface area contributed by atoms with Gasteiger partial charge in [-0.3, -0.25) is 14.4 Å². The summed E-state index contributed by atoms with van der Waals surface area (Å²) in [5, 5.41) is 42.1. The lowest BCUT2D eigenvalue weighted by molar-refractivity contribution is -0.193. The van der Waals surface area contributed by atoms with Gasteiger partial charge in [-0.25, -0.2) is 9.59 Å². The number of carboxylic acid groups (broad SMARTS) is 1. The Kier molecular flexibility index (Phi) is 9.26. The van der Waals surface area contributed by atoms with Crippen molar-refractivity contribution in [3.8, 4) is 0 Å². The third-order valence-corrected chi connectivity index (χ3v) is 5.29. The molecular weight excluding hydrogens is 468 g/mol. The van der Waals surface area contributed by atoms with Crippen molar-refractivity contribution in [3.05, 3.63) is 34.4 Å². The molecule has 16 heteroatoms. The lowest BCUT2D eigenvalue weighted by Gasteiger charge is -2.41. The molecule has 13 N–H and O–H groups in total. The van der Waals surface area contributed by atoms with E-state index < -0.39 is 67.2 Å². The summed E-state index contributed by atoms with van der Waals surface area (Å²) in [6.07, 6.45) is 0.486. The molecule has 1 aromatic rings. The van der Waals surface area contributed by atoms with E-state index in [2.05, 4.69) is 15.3 Å². The zero-order valence-corrected chi connectivity index (χ0v) is 18.6. The summed E-state index contributed by atoms with van der Waals surface area (Å²) in [5.74, 6) is -2.93. The Hall–Kier alpha value is -3.57. The standard InChI is InChI=1S/C19H30N8O8/c20-10(8-29)15(30)25-11-2-3-12(27-6-9(7-28)14(21)26-18(27)33)35-13(11)19(34,16(31)32)4-1-5-24-17(22)23/h2-3,6,10-13,28-29,34H,1,4-5,7-8,20H2,(H,25,30)(H,31,32)(H2,21,26,33)(H4,22,23,24)/t10-,11+,12-,13+,19+/m0/s1. The number of aromatic nitrogens is 2. The second kappa shape index (κ2) is 11.7. The van der Waals surface area contributed by atoms with Gasteiger partial charge < -0.3 is 53.4 Å². The Morgan fingerprint density at radius 2 is 2.00 bits per heavy atom. The minimum atomic E-state index is -2.59. The zero-order valence-electron chi connectivity index (χ0n) is 18.6. The van der Waals surface area contributed by atoms with Crippen LogP contribution in [0, 0.1) is 0 Å². The first-order valence-corrected chi connectivity index (χ1v) is 10.4. The predicted octanol–water partition coefficient (Wildman–Crippen LogP) is -4.55. The van der Waals surface area contributed by atoms with Crippen molar-refractivity contribution in [2.45, 2.75) is 49.5 Å². The lowest BCUT2D eigenvalue weighted by atomic mass is 9.85. The summed E-state index contributed by atoms with van der Waals surface area (Å²) in [5.41, 5.74) is 18.3. The summed E-state index contributed by atoms with van der Waals surface area (Å²) in [7, 11) is 0. The number of carbonyl (C=O) groups is 2. The summed E-state index contributed by atoms with van der Waals surface area (Å²) in [6, 6.07) is -2.55. The second-order valence-corrected chi connectivity index (χ2v) is 7.79. The van der Waals surface area contributed by atoms with Crippen LogP contribution in [0.4, 0.5) is 5.82 Å². The number of guanidine groups is 1. The van der Waals surface area contributed by atoms with Crippen LogP contribution < -0.4 is 33.9 Å². The molecule has 0 aliphatic carbocycles. The number of hydrogen-bond acceptors (Lipinski definition) is 11. The van der Waals surface area contributed by atoms with E-state index >= 15 is 0 Å². The lowest BCUT2D eigenvalue weighted by Crippen LogP contribution is -2.62. The molecule has 194 valence electrons. The first-order valence-electron chi connectivity index (χ1n) is 10.4. The van der Waals surface area contributed by atoms with Gasteiger partial charge in [-0.1, -0.05) is 6.08 Å². The molecule has 1 aromatic heterocycles. The number of aliphatic hydroxyl groups excluding tert-OH is 2. The van der Waals surface area contributed by atoms with E-state index in [-0.39, 0.29) is 30.3 Å². The fraction of sp³-hybridized carbons (Fsp3) is 0.526. The molecule has 2 heterocycles. The van der Waals surface area contributed by atoms with E-state index in [9.17, 15) is 29.7 Å². The van der Waals surface area contributed by atoms with E-state index in [1.54, 1.807) is 0 Å². The van der Waals surface area contributed by atoms with Crippen LogP contribution in [0.25, 0.3) is 0 Å². The van der Waals surface area contributed by atoms with Crippen molar-refractivity contribution in [2.24, 2.45) is 22.2 Å². The van der Waals surface area contributed by atoms with E-state index in [1.807, 2.05) is 0 Å². The number of aliphatic imine (C=N–C) groups is 1. The van der Waals surface area contributed by atoms with Crippen LogP contribution in [0.5, 0.6) is 0 Å². The fourth-order valence-corrected chi connectivity index (χ4v) is 3.40. The molecule has 0 spiro atoms. The summed E-state index contributed by atoms with van der Waals surface area (Å²) in [4.78, 5) is 44.2. The highest BCUT2D eigenvalue weighted by Gasteiger charge is 2.50. The van der Waals surface area contributed by atoms with Gasteiger partial charge in [0.1, 0.15) is 18.0 Å². The number of anilines is 1. The molecule has 1 aliphatic rings. The van der Waals surface area contributed by atoms with E-state index in [1.165, 1.54) is 18.3 Å². The average molecular weight is 498 g/mol. The van der Waals surface area contributed by atoms with Crippen LogP contribution in [-0.4, -0.2) is 84.8 Å². The van der Waals surface area contributed by atoms with Gasteiger partial charge in [-0.05, 0) is 18.9 Å². The topological polar surface area (TPSA) is 288 Å². The normalized spacial score (nSPS) is 22.1. The van der Waals surface area contributed by atoms with Crippen molar-refractivity contribution in [1.82, 2.24) is 14.9 Å². The van der Waals surface area contributed by atoms with Crippen LogP contribution in [0.3, 0.4) is 0 Å². The zero-order chi connectivity index (χ0) is 26.3. The Morgan fingerprint density at radius 3 is 2.57 bits per heavy atom.